The zero-order valence-corrected chi connectivity index (χ0v) is 16.7. The van der Waals surface area contributed by atoms with Crippen molar-refractivity contribution < 1.29 is 14.3 Å². The van der Waals surface area contributed by atoms with Gasteiger partial charge in [0.25, 0.3) is 5.91 Å². The molecule has 154 valence electrons. The minimum atomic E-state index is -0.267. The van der Waals surface area contributed by atoms with E-state index in [0.717, 1.165) is 18.4 Å². The summed E-state index contributed by atoms with van der Waals surface area (Å²) in [6.07, 6.45) is 4.67. The van der Waals surface area contributed by atoms with Crippen molar-refractivity contribution >= 4 is 17.8 Å². The molecule has 1 saturated heterocycles. The van der Waals surface area contributed by atoms with E-state index in [2.05, 4.69) is 25.6 Å². The van der Waals surface area contributed by atoms with Crippen LogP contribution in [0.5, 0.6) is 0 Å². The van der Waals surface area contributed by atoms with Gasteiger partial charge < -0.3 is 20.3 Å². The smallest absolute Gasteiger partial charge is 0.409 e. The SMILES string of the molecule is CCOC(=O)N1CCC(Nc2cc(C(=O)NCc3ccncc3)nc(C)n2)CC1. The lowest BCUT2D eigenvalue weighted by atomic mass is 10.1. The molecule has 0 saturated carbocycles. The number of anilines is 1. The number of rotatable bonds is 6. The number of amides is 2. The number of carbonyl (C=O) groups excluding carboxylic acids is 2. The molecule has 2 aromatic heterocycles. The second-order valence-corrected chi connectivity index (χ2v) is 6.83. The van der Waals surface area contributed by atoms with Crippen LogP contribution < -0.4 is 10.6 Å². The largest absolute Gasteiger partial charge is 0.450 e. The zero-order chi connectivity index (χ0) is 20.6. The number of ether oxygens (including phenoxy) is 1. The molecule has 1 aliphatic rings. The molecule has 9 nitrogen and oxygen atoms in total. The van der Waals surface area contributed by atoms with E-state index >= 15 is 0 Å². The fourth-order valence-electron chi connectivity index (χ4n) is 3.16. The summed E-state index contributed by atoms with van der Waals surface area (Å²) in [4.78, 5) is 38.6. The van der Waals surface area contributed by atoms with Gasteiger partial charge in [-0.15, -0.1) is 0 Å². The van der Waals surface area contributed by atoms with Crippen LogP contribution in [0.2, 0.25) is 0 Å². The lowest BCUT2D eigenvalue weighted by molar-refractivity contribution is 0.0943. The highest BCUT2D eigenvalue weighted by molar-refractivity contribution is 5.92. The minimum absolute atomic E-state index is 0.169. The Morgan fingerprint density at radius 2 is 1.93 bits per heavy atom. The van der Waals surface area contributed by atoms with E-state index < -0.39 is 0 Å². The molecule has 0 aliphatic carbocycles. The molecule has 3 rings (SSSR count). The molecule has 3 heterocycles. The predicted octanol–water partition coefficient (Wildman–Crippen LogP) is 2.14. The first-order valence-corrected chi connectivity index (χ1v) is 9.76. The van der Waals surface area contributed by atoms with E-state index in [1.807, 2.05) is 12.1 Å². The van der Waals surface area contributed by atoms with Crippen molar-refractivity contribution in [3.05, 3.63) is 47.7 Å². The normalized spacial score (nSPS) is 14.3. The Bertz CT molecular complexity index is 837. The Hall–Kier alpha value is -3.23. The minimum Gasteiger partial charge on any atom is -0.450 e. The van der Waals surface area contributed by atoms with E-state index in [0.29, 0.717) is 43.6 Å². The van der Waals surface area contributed by atoms with Crippen LogP contribution >= 0.6 is 0 Å². The Balaban J connectivity index is 1.56. The van der Waals surface area contributed by atoms with E-state index in [9.17, 15) is 9.59 Å². The summed E-state index contributed by atoms with van der Waals surface area (Å²) in [7, 11) is 0. The van der Waals surface area contributed by atoms with Gasteiger partial charge in [0, 0.05) is 44.1 Å². The third-order valence-corrected chi connectivity index (χ3v) is 4.65. The summed E-state index contributed by atoms with van der Waals surface area (Å²) in [5.41, 5.74) is 1.28. The number of piperidine rings is 1. The van der Waals surface area contributed by atoms with E-state index in [1.54, 1.807) is 37.2 Å². The van der Waals surface area contributed by atoms with Gasteiger partial charge in [-0.2, -0.15) is 0 Å². The number of hydrogen-bond donors (Lipinski definition) is 2. The van der Waals surface area contributed by atoms with Gasteiger partial charge in [0.15, 0.2) is 0 Å². The summed E-state index contributed by atoms with van der Waals surface area (Å²) in [6.45, 7) is 5.59. The Morgan fingerprint density at radius 3 is 2.62 bits per heavy atom. The van der Waals surface area contributed by atoms with Gasteiger partial charge in [-0.1, -0.05) is 0 Å². The zero-order valence-electron chi connectivity index (χ0n) is 16.7. The van der Waals surface area contributed by atoms with E-state index in [4.69, 9.17) is 4.74 Å². The third kappa shape index (κ3) is 5.87. The first kappa shape index (κ1) is 20.5. The molecule has 0 atom stereocenters. The number of aryl methyl sites for hydroxylation is 1. The van der Waals surface area contributed by atoms with Crippen LogP contribution in [0.4, 0.5) is 10.6 Å². The topological polar surface area (TPSA) is 109 Å². The molecule has 9 heteroatoms. The van der Waals surface area contributed by atoms with Crippen LogP contribution in [0.15, 0.2) is 30.6 Å². The Morgan fingerprint density at radius 1 is 1.21 bits per heavy atom. The fourth-order valence-corrected chi connectivity index (χ4v) is 3.16. The third-order valence-electron chi connectivity index (χ3n) is 4.65. The van der Waals surface area contributed by atoms with Crippen LogP contribution in [-0.4, -0.2) is 57.6 Å². The predicted molar refractivity (Wildman–Crippen MR) is 107 cm³/mol. The van der Waals surface area contributed by atoms with Crippen molar-refractivity contribution in [3.63, 3.8) is 0 Å². The summed E-state index contributed by atoms with van der Waals surface area (Å²) < 4.78 is 5.05. The quantitative estimate of drug-likeness (QED) is 0.767. The highest BCUT2D eigenvalue weighted by atomic mass is 16.6. The number of carbonyl (C=O) groups is 2. The van der Waals surface area contributed by atoms with Crippen molar-refractivity contribution in [3.8, 4) is 0 Å². The second-order valence-electron chi connectivity index (χ2n) is 6.83. The van der Waals surface area contributed by atoms with Crippen LogP contribution in [0.1, 0.15) is 41.6 Å². The molecule has 0 unspecified atom stereocenters. The van der Waals surface area contributed by atoms with Crippen LogP contribution in [0.3, 0.4) is 0 Å². The van der Waals surface area contributed by atoms with Gasteiger partial charge in [0.1, 0.15) is 17.3 Å². The standard InChI is InChI=1S/C20H26N6O3/c1-3-29-20(28)26-10-6-16(7-11-26)25-18-12-17(23-14(2)24-18)19(27)22-13-15-4-8-21-9-5-15/h4-5,8-9,12,16H,3,6-7,10-11,13H2,1-2H3,(H,22,27)(H,23,24,25). The van der Waals surface area contributed by atoms with Gasteiger partial charge in [0.05, 0.1) is 6.61 Å². The number of hydrogen-bond acceptors (Lipinski definition) is 7. The maximum atomic E-state index is 12.5. The van der Waals surface area contributed by atoms with Crippen molar-refractivity contribution in [1.82, 2.24) is 25.2 Å². The molecule has 2 aromatic rings. The first-order chi connectivity index (χ1) is 14.0. The monoisotopic (exact) mass is 398 g/mol. The van der Waals surface area contributed by atoms with Gasteiger partial charge in [-0.25, -0.2) is 14.8 Å². The second kappa shape index (κ2) is 9.81. The van der Waals surface area contributed by atoms with Crippen molar-refractivity contribution in [2.24, 2.45) is 0 Å². The van der Waals surface area contributed by atoms with Crippen LogP contribution in [0, 0.1) is 6.92 Å². The molecule has 2 amide bonds. The van der Waals surface area contributed by atoms with Gasteiger partial charge in [-0.05, 0) is 44.4 Å². The molecule has 2 N–H and O–H groups in total. The summed E-state index contributed by atoms with van der Waals surface area (Å²) in [5, 5.41) is 6.22. The number of nitrogens with one attached hydrogen (secondary N) is 2. The lowest BCUT2D eigenvalue weighted by Gasteiger charge is -2.31. The van der Waals surface area contributed by atoms with Gasteiger partial charge in [-0.3, -0.25) is 9.78 Å². The number of nitrogens with zero attached hydrogens (tertiary/aromatic N) is 4. The van der Waals surface area contributed by atoms with Crippen molar-refractivity contribution in [2.75, 3.05) is 25.0 Å². The summed E-state index contributed by atoms with van der Waals surface area (Å²) in [5.74, 6) is 0.877. The molecule has 1 aliphatic heterocycles. The first-order valence-electron chi connectivity index (χ1n) is 9.76. The maximum Gasteiger partial charge on any atom is 0.409 e. The van der Waals surface area contributed by atoms with Gasteiger partial charge in [0.2, 0.25) is 0 Å². The number of likely N-dealkylation sites (tertiary alicyclic amines) is 1. The molecule has 0 radical (unpaired) electrons. The van der Waals surface area contributed by atoms with E-state index in [1.165, 1.54) is 0 Å². The average Bonchev–Trinajstić information content (AvgIpc) is 2.73. The van der Waals surface area contributed by atoms with E-state index in [-0.39, 0.29) is 18.0 Å². The molecule has 29 heavy (non-hydrogen) atoms. The number of aromatic nitrogens is 3. The van der Waals surface area contributed by atoms with Crippen molar-refractivity contribution in [2.45, 2.75) is 39.3 Å². The Kier molecular flexibility index (Phi) is 6.94. The maximum absolute atomic E-state index is 12.5. The lowest BCUT2D eigenvalue weighted by Crippen LogP contribution is -2.42. The molecule has 0 aromatic carbocycles. The molecule has 0 spiro atoms. The molecular weight excluding hydrogens is 372 g/mol. The summed E-state index contributed by atoms with van der Waals surface area (Å²) in [6, 6.07) is 5.53. The Labute approximate surface area is 169 Å². The van der Waals surface area contributed by atoms with Crippen LogP contribution in [-0.2, 0) is 11.3 Å². The highest BCUT2D eigenvalue weighted by Gasteiger charge is 2.24. The number of pyridine rings is 1. The molecule has 0 bridgehead atoms. The average molecular weight is 398 g/mol. The summed E-state index contributed by atoms with van der Waals surface area (Å²) >= 11 is 0. The van der Waals surface area contributed by atoms with Crippen LogP contribution in [0.25, 0.3) is 0 Å². The van der Waals surface area contributed by atoms with Crippen molar-refractivity contribution in [1.29, 1.82) is 0 Å². The highest BCUT2D eigenvalue weighted by Crippen LogP contribution is 2.17. The molecular formula is C20H26N6O3. The van der Waals surface area contributed by atoms with Gasteiger partial charge >= 0.3 is 6.09 Å². The molecule has 1 fully saturated rings. The fraction of sp³-hybridized carbons (Fsp3) is 0.450.